The van der Waals surface area contributed by atoms with Crippen molar-refractivity contribution in [2.75, 3.05) is 44.4 Å². The number of amides is 1. The Morgan fingerprint density at radius 2 is 2.08 bits per heavy atom. The summed E-state index contributed by atoms with van der Waals surface area (Å²) in [5.41, 5.74) is 1.31. The van der Waals surface area contributed by atoms with Crippen LogP contribution in [-0.2, 0) is 4.74 Å². The zero-order valence-corrected chi connectivity index (χ0v) is 14.4. The Morgan fingerprint density at radius 3 is 2.79 bits per heavy atom. The van der Waals surface area contributed by atoms with Gasteiger partial charge in [0.1, 0.15) is 17.2 Å². The molecule has 0 radical (unpaired) electrons. The molecule has 0 unspecified atom stereocenters. The lowest BCUT2D eigenvalue weighted by molar-refractivity contribution is 0.0949. The van der Waals surface area contributed by atoms with Crippen LogP contribution in [0, 0.1) is 13.8 Å². The van der Waals surface area contributed by atoms with Crippen molar-refractivity contribution in [3.8, 4) is 5.88 Å². The molecule has 1 amide bonds. The van der Waals surface area contributed by atoms with Crippen LogP contribution in [0.1, 0.15) is 21.1 Å². The summed E-state index contributed by atoms with van der Waals surface area (Å²) in [6.07, 6.45) is 0. The second-order valence-electron chi connectivity index (χ2n) is 5.27. The number of anilines is 1. The molecule has 10 heteroatoms. The summed E-state index contributed by atoms with van der Waals surface area (Å²) in [6.45, 7) is 7.19. The SMILES string of the molecule is Cc1nonc1OCCNC(=O)c1sc(N2CCOCC2)nc1C. The molecule has 0 aromatic carbocycles. The molecule has 1 aliphatic heterocycles. The Bertz CT molecular complexity index is 695. The number of carbonyl (C=O) groups excluding carboxylic acids is 1. The first kappa shape index (κ1) is 16.7. The predicted molar refractivity (Wildman–Crippen MR) is 86.7 cm³/mol. The molecule has 3 rings (SSSR count). The molecule has 0 atom stereocenters. The van der Waals surface area contributed by atoms with Gasteiger partial charge in [-0.2, -0.15) is 0 Å². The molecule has 3 heterocycles. The fraction of sp³-hybridized carbons (Fsp3) is 0.571. The highest BCUT2D eigenvalue weighted by Crippen LogP contribution is 2.26. The zero-order valence-electron chi connectivity index (χ0n) is 13.6. The van der Waals surface area contributed by atoms with Gasteiger partial charge in [-0.3, -0.25) is 4.79 Å². The molecule has 0 bridgehead atoms. The summed E-state index contributed by atoms with van der Waals surface area (Å²) in [7, 11) is 0. The van der Waals surface area contributed by atoms with Gasteiger partial charge < -0.3 is 19.7 Å². The quantitative estimate of drug-likeness (QED) is 0.761. The minimum atomic E-state index is -0.150. The van der Waals surface area contributed by atoms with Crippen molar-refractivity contribution in [1.29, 1.82) is 0 Å². The van der Waals surface area contributed by atoms with E-state index in [9.17, 15) is 4.79 Å². The lowest BCUT2D eigenvalue weighted by Gasteiger charge is -2.25. The van der Waals surface area contributed by atoms with Gasteiger partial charge in [-0.15, -0.1) is 0 Å². The highest BCUT2D eigenvalue weighted by atomic mass is 32.1. The van der Waals surface area contributed by atoms with E-state index in [1.54, 1.807) is 6.92 Å². The number of morpholine rings is 1. The van der Waals surface area contributed by atoms with Crippen LogP contribution in [0.15, 0.2) is 4.63 Å². The van der Waals surface area contributed by atoms with E-state index < -0.39 is 0 Å². The number of hydrogen-bond donors (Lipinski definition) is 1. The van der Waals surface area contributed by atoms with Gasteiger partial charge >= 0.3 is 0 Å². The number of ether oxygens (including phenoxy) is 2. The molecule has 0 spiro atoms. The van der Waals surface area contributed by atoms with Gasteiger partial charge in [0.05, 0.1) is 25.5 Å². The van der Waals surface area contributed by atoms with E-state index in [4.69, 9.17) is 9.47 Å². The average molecular weight is 353 g/mol. The predicted octanol–water partition coefficient (Wildman–Crippen LogP) is 0.788. The fourth-order valence-corrected chi connectivity index (χ4v) is 3.26. The Morgan fingerprint density at radius 1 is 1.29 bits per heavy atom. The number of rotatable bonds is 6. The van der Waals surface area contributed by atoms with Gasteiger partial charge in [0.25, 0.3) is 11.8 Å². The van der Waals surface area contributed by atoms with Crippen molar-refractivity contribution in [2.24, 2.45) is 0 Å². The van der Waals surface area contributed by atoms with Gasteiger partial charge in [0.15, 0.2) is 5.13 Å². The van der Waals surface area contributed by atoms with Crippen molar-refractivity contribution in [3.05, 3.63) is 16.3 Å². The summed E-state index contributed by atoms with van der Waals surface area (Å²) in [6, 6.07) is 0. The van der Waals surface area contributed by atoms with Gasteiger partial charge in [-0.05, 0) is 19.0 Å². The molecule has 1 saturated heterocycles. The number of carbonyl (C=O) groups is 1. The third kappa shape index (κ3) is 3.82. The van der Waals surface area contributed by atoms with E-state index in [2.05, 4.69) is 30.1 Å². The normalized spacial score (nSPS) is 14.7. The maximum atomic E-state index is 12.3. The summed E-state index contributed by atoms with van der Waals surface area (Å²) in [5, 5.41) is 10.9. The number of aryl methyl sites for hydroxylation is 2. The van der Waals surface area contributed by atoms with Crippen molar-refractivity contribution < 1.29 is 18.9 Å². The molecule has 2 aromatic heterocycles. The lowest BCUT2D eigenvalue weighted by Crippen LogP contribution is -2.36. The number of nitrogens with one attached hydrogen (secondary N) is 1. The molecule has 24 heavy (non-hydrogen) atoms. The van der Waals surface area contributed by atoms with Gasteiger partial charge in [-0.1, -0.05) is 16.5 Å². The lowest BCUT2D eigenvalue weighted by atomic mass is 10.4. The molecular weight excluding hydrogens is 334 g/mol. The van der Waals surface area contributed by atoms with Crippen molar-refractivity contribution >= 4 is 22.4 Å². The summed E-state index contributed by atoms with van der Waals surface area (Å²) >= 11 is 1.40. The van der Waals surface area contributed by atoms with Gasteiger partial charge in [0, 0.05) is 13.1 Å². The largest absolute Gasteiger partial charge is 0.472 e. The molecule has 9 nitrogen and oxygen atoms in total. The molecule has 0 saturated carbocycles. The van der Waals surface area contributed by atoms with Gasteiger partial charge in [0.2, 0.25) is 0 Å². The maximum absolute atomic E-state index is 12.3. The zero-order chi connectivity index (χ0) is 16.9. The average Bonchev–Trinajstić information content (AvgIpc) is 3.18. The van der Waals surface area contributed by atoms with Crippen LogP contribution in [0.5, 0.6) is 5.88 Å². The topological polar surface area (TPSA) is 103 Å². The highest BCUT2D eigenvalue weighted by Gasteiger charge is 2.20. The number of thiazole rings is 1. The van der Waals surface area contributed by atoms with Crippen molar-refractivity contribution in [1.82, 2.24) is 20.6 Å². The van der Waals surface area contributed by atoms with Crippen molar-refractivity contribution in [2.45, 2.75) is 13.8 Å². The van der Waals surface area contributed by atoms with Crippen LogP contribution in [-0.4, -0.2) is 60.7 Å². The standard InChI is InChI=1S/C14H19N5O4S/c1-9-11(24-14(16-9)19-4-7-21-8-5-19)12(20)15-3-6-22-13-10(2)17-23-18-13/h3-8H2,1-2H3,(H,15,20). The summed E-state index contributed by atoms with van der Waals surface area (Å²) < 4.78 is 15.2. The van der Waals surface area contributed by atoms with Crippen LogP contribution < -0.4 is 15.0 Å². The summed E-state index contributed by atoms with van der Waals surface area (Å²) in [5.74, 6) is 0.191. The molecule has 0 aliphatic carbocycles. The van der Waals surface area contributed by atoms with E-state index >= 15 is 0 Å². The summed E-state index contributed by atoms with van der Waals surface area (Å²) in [4.78, 5) is 19.6. The molecule has 1 N–H and O–H groups in total. The van der Waals surface area contributed by atoms with E-state index in [1.165, 1.54) is 11.3 Å². The Kier molecular flexibility index (Phi) is 5.26. The van der Waals surface area contributed by atoms with Crippen LogP contribution in [0.4, 0.5) is 5.13 Å². The van der Waals surface area contributed by atoms with Crippen LogP contribution >= 0.6 is 11.3 Å². The first-order valence-corrected chi connectivity index (χ1v) is 8.47. The molecule has 1 fully saturated rings. The third-order valence-corrected chi connectivity index (χ3v) is 4.73. The third-order valence-electron chi connectivity index (χ3n) is 3.51. The first-order chi connectivity index (χ1) is 11.6. The van der Waals surface area contributed by atoms with E-state index in [0.717, 1.165) is 23.9 Å². The molecule has 2 aromatic rings. The monoisotopic (exact) mass is 353 g/mol. The number of aromatic nitrogens is 3. The van der Waals surface area contributed by atoms with Crippen LogP contribution in [0.3, 0.4) is 0 Å². The minimum absolute atomic E-state index is 0.150. The van der Waals surface area contributed by atoms with Crippen LogP contribution in [0.2, 0.25) is 0 Å². The Labute approximate surface area is 142 Å². The second-order valence-corrected chi connectivity index (χ2v) is 6.25. The van der Waals surface area contributed by atoms with Crippen molar-refractivity contribution in [3.63, 3.8) is 0 Å². The van der Waals surface area contributed by atoms with E-state index in [1.807, 2.05) is 6.92 Å². The van der Waals surface area contributed by atoms with Gasteiger partial charge in [-0.25, -0.2) is 9.61 Å². The Balaban J connectivity index is 1.51. The fourth-order valence-electron chi connectivity index (χ4n) is 2.23. The maximum Gasteiger partial charge on any atom is 0.278 e. The second kappa shape index (κ2) is 7.58. The number of nitrogens with zero attached hydrogens (tertiary/aromatic N) is 4. The smallest absolute Gasteiger partial charge is 0.278 e. The van der Waals surface area contributed by atoms with E-state index in [-0.39, 0.29) is 12.5 Å². The van der Waals surface area contributed by atoms with E-state index in [0.29, 0.717) is 36.2 Å². The minimum Gasteiger partial charge on any atom is -0.472 e. The first-order valence-electron chi connectivity index (χ1n) is 7.65. The number of hydrogen-bond acceptors (Lipinski definition) is 9. The molecular formula is C14H19N5O4S. The molecule has 130 valence electrons. The van der Waals surface area contributed by atoms with Crippen LogP contribution in [0.25, 0.3) is 0 Å². The highest BCUT2D eigenvalue weighted by molar-refractivity contribution is 7.17. The molecule has 1 aliphatic rings. The Hall–Kier alpha value is -2.20.